The highest BCUT2D eigenvalue weighted by atomic mass is 35.5. The fourth-order valence-electron chi connectivity index (χ4n) is 5.24. The number of benzene rings is 1. The number of aromatic nitrogens is 4. The molecule has 1 N–H and O–H groups in total. The van der Waals surface area contributed by atoms with E-state index in [0.29, 0.717) is 34.6 Å². The van der Waals surface area contributed by atoms with Crippen LogP contribution in [0.25, 0.3) is 27.5 Å². The second kappa shape index (κ2) is 10.5. The van der Waals surface area contributed by atoms with Gasteiger partial charge in [0.2, 0.25) is 5.91 Å². The summed E-state index contributed by atoms with van der Waals surface area (Å²) in [7, 11) is 1.84. The largest absolute Gasteiger partial charge is 0.381 e. The number of fused-ring (bicyclic) bond motifs is 3. The first-order valence-electron chi connectivity index (χ1n) is 12.9. The molecule has 2 aliphatic rings. The molecule has 11 heteroatoms. The zero-order valence-corrected chi connectivity index (χ0v) is 23.2. The van der Waals surface area contributed by atoms with Crippen LogP contribution < -0.4 is 5.32 Å². The number of hydrogen-bond acceptors (Lipinski definition) is 7. The molecule has 0 saturated carbocycles. The number of aryl methyl sites for hydroxylation is 1. The highest BCUT2D eigenvalue weighted by Crippen LogP contribution is 2.44. The first kappa shape index (κ1) is 25.7. The molecule has 0 radical (unpaired) electrons. The number of amides is 2. The van der Waals surface area contributed by atoms with Gasteiger partial charge >= 0.3 is 0 Å². The normalized spacial score (nSPS) is 14.9. The Balaban J connectivity index is 1.43. The third-order valence-electron chi connectivity index (χ3n) is 7.21. The number of carbonyl (C=O) groups excluding carboxylic acids is 2. The predicted molar refractivity (Wildman–Crippen MR) is 151 cm³/mol. The molecule has 1 aliphatic carbocycles. The third-order valence-corrected chi connectivity index (χ3v) is 8.53. The smallest absolute Gasteiger partial charge is 0.253 e. The Hall–Kier alpha value is -3.60. The van der Waals surface area contributed by atoms with Crippen LogP contribution in [-0.2, 0) is 22.4 Å². The number of hydrogen-bond donors (Lipinski definition) is 1. The standard InChI is InChI=1S/C28H27ClN6O3S/c1-16(36)31-28-32-22-7-6-20-24(18-4-3-11-30-15-18)33-35(25(20)26(22)39-28)23-8-5-17(14-21(23)29)27(37)34(2)19-9-12-38-13-10-19/h3-5,8,11,14-15,19H,6-7,9-10,12-13H2,1-2H3,(H,31,32,36). The van der Waals surface area contributed by atoms with Crippen LogP contribution in [0.3, 0.4) is 0 Å². The average molecular weight is 563 g/mol. The number of anilines is 1. The molecular weight excluding hydrogens is 536 g/mol. The van der Waals surface area contributed by atoms with E-state index in [1.54, 1.807) is 29.4 Å². The second-order valence-corrected chi connectivity index (χ2v) is 11.1. The van der Waals surface area contributed by atoms with E-state index in [4.69, 9.17) is 21.4 Å². The molecule has 39 heavy (non-hydrogen) atoms. The van der Waals surface area contributed by atoms with E-state index in [1.807, 2.05) is 29.9 Å². The van der Waals surface area contributed by atoms with Gasteiger partial charge in [-0.25, -0.2) is 9.67 Å². The van der Waals surface area contributed by atoms with E-state index in [9.17, 15) is 9.59 Å². The monoisotopic (exact) mass is 562 g/mol. The number of thiazole rings is 1. The van der Waals surface area contributed by atoms with Crippen molar-refractivity contribution in [3.05, 3.63) is 64.6 Å². The Bertz CT molecular complexity index is 1560. The lowest BCUT2D eigenvalue weighted by Gasteiger charge is -2.31. The summed E-state index contributed by atoms with van der Waals surface area (Å²) in [6.07, 6.45) is 6.65. The Kier molecular flexibility index (Phi) is 6.92. The molecule has 0 atom stereocenters. The maximum Gasteiger partial charge on any atom is 0.253 e. The Labute approximate surface area is 234 Å². The first-order chi connectivity index (χ1) is 18.9. The second-order valence-electron chi connectivity index (χ2n) is 9.73. The van der Waals surface area contributed by atoms with Crippen molar-refractivity contribution in [2.75, 3.05) is 25.6 Å². The summed E-state index contributed by atoms with van der Waals surface area (Å²) in [5, 5.41) is 8.81. The molecule has 0 bridgehead atoms. The van der Waals surface area contributed by atoms with Crippen molar-refractivity contribution in [3.8, 4) is 27.5 Å². The van der Waals surface area contributed by atoms with Gasteiger partial charge in [-0.3, -0.25) is 14.6 Å². The fraction of sp³-hybridized carbons (Fsp3) is 0.321. The van der Waals surface area contributed by atoms with Crippen LogP contribution in [-0.4, -0.2) is 62.8 Å². The SMILES string of the molecule is CC(=O)Nc1nc2c(s1)-c1c(c(-c3cccnc3)nn1-c1ccc(C(=O)N(C)C3CCOCC3)cc1Cl)CC2. The van der Waals surface area contributed by atoms with Crippen LogP contribution in [0.15, 0.2) is 42.7 Å². The number of carbonyl (C=O) groups is 2. The summed E-state index contributed by atoms with van der Waals surface area (Å²) < 4.78 is 7.28. The summed E-state index contributed by atoms with van der Waals surface area (Å²) >= 11 is 8.29. The topological polar surface area (TPSA) is 102 Å². The van der Waals surface area contributed by atoms with Crippen molar-refractivity contribution in [1.82, 2.24) is 24.6 Å². The van der Waals surface area contributed by atoms with E-state index in [-0.39, 0.29) is 17.9 Å². The van der Waals surface area contributed by atoms with Crippen LogP contribution >= 0.6 is 22.9 Å². The fourth-order valence-corrected chi connectivity index (χ4v) is 6.61. The molecule has 200 valence electrons. The van der Waals surface area contributed by atoms with E-state index in [1.165, 1.54) is 18.3 Å². The van der Waals surface area contributed by atoms with Gasteiger partial charge < -0.3 is 15.0 Å². The quantitative estimate of drug-likeness (QED) is 0.366. The zero-order valence-electron chi connectivity index (χ0n) is 21.6. The van der Waals surface area contributed by atoms with Gasteiger partial charge in [-0.05, 0) is 56.0 Å². The Morgan fingerprint density at radius 3 is 2.74 bits per heavy atom. The molecule has 6 rings (SSSR count). The van der Waals surface area contributed by atoms with Gasteiger partial charge in [0.25, 0.3) is 5.91 Å². The van der Waals surface area contributed by atoms with Crippen molar-refractivity contribution in [1.29, 1.82) is 0 Å². The van der Waals surface area contributed by atoms with Gasteiger partial charge in [-0.2, -0.15) is 5.10 Å². The molecule has 9 nitrogen and oxygen atoms in total. The highest BCUT2D eigenvalue weighted by molar-refractivity contribution is 7.19. The molecule has 4 heterocycles. The van der Waals surface area contributed by atoms with E-state index in [2.05, 4.69) is 15.3 Å². The van der Waals surface area contributed by atoms with Gasteiger partial charge in [0.15, 0.2) is 5.13 Å². The Morgan fingerprint density at radius 2 is 2.03 bits per heavy atom. The predicted octanol–water partition coefficient (Wildman–Crippen LogP) is 5.02. The van der Waals surface area contributed by atoms with E-state index in [0.717, 1.165) is 58.8 Å². The molecule has 1 fully saturated rings. The summed E-state index contributed by atoms with van der Waals surface area (Å²) in [6.45, 7) is 2.79. The molecule has 1 aromatic carbocycles. The number of nitrogens with zero attached hydrogens (tertiary/aromatic N) is 5. The minimum Gasteiger partial charge on any atom is -0.381 e. The maximum absolute atomic E-state index is 13.3. The highest BCUT2D eigenvalue weighted by Gasteiger charge is 2.31. The van der Waals surface area contributed by atoms with E-state index < -0.39 is 0 Å². The lowest BCUT2D eigenvalue weighted by atomic mass is 9.95. The molecule has 0 unspecified atom stereocenters. The minimum atomic E-state index is -0.167. The lowest BCUT2D eigenvalue weighted by molar-refractivity contribution is -0.114. The van der Waals surface area contributed by atoms with Gasteiger partial charge in [0, 0.05) is 62.3 Å². The molecule has 3 aromatic heterocycles. The van der Waals surface area contributed by atoms with Gasteiger partial charge in [-0.15, -0.1) is 0 Å². The number of halogens is 1. The van der Waals surface area contributed by atoms with Crippen molar-refractivity contribution in [3.63, 3.8) is 0 Å². The summed E-state index contributed by atoms with van der Waals surface area (Å²) in [5.74, 6) is -0.238. The molecular formula is C28H27ClN6O3S. The van der Waals surface area contributed by atoms with Crippen LogP contribution in [0.5, 0.6) is 0 Å². The molecule has 2 amide bonds. The van der Waals surface area contributed by atoms with Gasteiger partial charge in [0.1, 0.15) is 0 Å². The number of nitrogens with one attached hydrogen (secondary N) is 1. The minimum absolute atomic E-state index is 0.0708. The molecule has 1 saturated heterocycles. The lowest BCUT2D eigenvalue weighted by Crippen LogP contribution is -2.40. The maximum atomic E-state index is 13.3. The van der Waals surface area contributed by atoms with Crippen LogP contribution in [0.2, 0.25) is 5.02 Å². The van der Waals surface area contributed by atoms with Crippen molar-refractivity contribution in [2.24, 2.45) is 0 Å². The number of rotatable bonds is 5. The van der Waals surface area contributed by atoms with Crippen LogP contribution in [0, 0.1) is 0 Å². The van der Waals surface area contributed by atoms with Crippen molar-refractivity contribution < 1.29 is 14.3 Å². The van der Waals surface area contributed by atoms with Crippen molar-refractivity contribution in [2.45, 2.75) is 38.6 Å². The Morgan fingerprint density at radius 1 is 1.21 bits per heavy atom. The van der Waals surface area contributed by atoms with E-state index >= 15 is 0 Å². The zero-order chi connectivity index (χ0) is 27.1. The molecule has 1 aliphatic heterocycles. The van der Waals surface area contributed by atoms with Crippen LogP contribution in [0.1, 0.15) is 41.4 Å². The molecule has 0 spiro atoms. The molecule has 4 aromatic rings. The van der Waals surface area contributed by atoms with Crippen LogP contribution in [0.4, 0.5) is 5.13 Å². The van der Waals surface area contributed by atoms with Gasteiger partial charge in [0.05, 0.1) is 32.7 Å². The number of ether oxygens (including phenoxy) is 1. The number of pyridine rings is 1. The third kappa shape index (κ3) is 4.84. The average Bonchev–Trinajstić information content (AvgIpc) is 3.53. The summed E-state index contributed by atoms with van der Waals surface area (Å²) in [4.78, 5) is 36.7. The van der Waals surface area contributed by atoms with Gasteiger partial charge in [-0.1, -0.05) is 22.9 Å². The van der Waals surface area contributed by atoms with Crippen molar-refractivity contribution >= 4 is 39.9 Å². The summed E-state index contributed by atoms with van der Waals surface area (Å²) in [5.41, 5.74) is 5.80. The summed E-state index contributed by atoms with van der Waals surface area (Å²) in [6, 6.07) is 9.38. The first-order valence-corrected chi connectivity index (χ1v) is 14.0.